The van der Waals surface area contributed by atoms with Gasteiger partial charge in [0.25, 0.3) is 0 Å². The van der Waals surface area contributed by atoms with Crippen molar-refractivity contribution in [2.24, 2.45) is 0 Å². The molecule has 1 fully saturated rings. The lowest BCUT2D eigenvalue weighted by atomic mass is 10.1. The maximum atomic E-state index is 12.3. The number of fused-ring (bicyclic) bond motifs is 3. The lowest BCUT2D eigenvalue weighted by Crippen LogP contribution is -2.43. The molecule has 0 spiro atoms. The molecule has 0 saturated carbocycles. The van der Waals surface area contributed by atoms with E-state index in [1.165, 1.54) is 0 Å². The summed E-state index contributed by atoms with van der Waals surface area (Å²) in [5, 5.41) is 7.92. The van der Waals surface area contributed by atoms with Crippen molar-refractivity contribution in [3.05, 3.63) is 52.7 Å². The van der Waals surface area contributed by atoms with Crippen molar-refractivity contribution in [2.45, 2.75) is 18.5 Å². The van der Waals surface area contributed by atoms with Gasteiger partial charge in [0.2, 0.25) is 11.8 Å². The van der Waals surface area contributed by atoms with Gasteiger partial charge < -0.3 is 15.5 Å². The van der Waals surface area contributed by atoms with Gasteiger partial charge in [-0.15, -0.1) is 11.3 Å². The van der Waals surface area contributed by atoms with E-state index in [2.05, 4.69) is 15.5 Å². The zero-order valence-electron chi connectivity index (χ0n) is 12.9. The molecule has 2 unspecified atom stereocenters. The van der Waals surface area contributed by atoms with Crippen LogP contribution in [0, 0.1) is 0 Å². The number of thiophene rings is 1. The van der Waals surface area contributed by atoms with Gasteiger partial charge in [0.15, 0.2) is 0 Å². The lowest BCUT2D eigenvalue weighted by molar-refractivity contribution is -0.118. The molecule has 122 valence electrons. The third-order valence-electron chi connectivity index (χ3n) is 4.36. The third kappa shape index (κ3) is 2.80. The number of nitrogens with one attached hydrogen (secondary N) is 2. The summed E-state index contributed by atoms with van der Waals surface area (Å²) >= 11 is 1.59. The zero-order chi connectivity index (χ0) is 16.5. The molecule has 5 nitrogen and oxygen atoms in total. The highest BCUT2D eigenvalue weighted by Crippen LogP contribution is 2.36. The minimum atomic E-state index is -0.216. The highest BCUT2D eigenvalue weighted by Gasteiger charge is 2.41. The Morgan fingerprint density at radius 1 is 1.29 bits per heavy atom. The van der Waals surface area contributed by atoms with E-state index >= 15 is 0 Å². The number of benzene rings is 1. The molecule has 1 aromatic carbocycles. The summed E-state index contributed by atoms with van der Waals surface area (Å²) in [5.74, 6) is -0.124. The molecule has 1 aromatic heterocycles. The van der Waals surface area contributed by atoms with E-state index in [9.17, 15) is 9.59 Å². The van der Waals surface area contributed by atoms with Crippen LogP contribution in [0.2, 0.25) is 0 Å². The van der Waals surface area contributed by atoms with Crippen LogP contribution in [-0.2, 0) is 9.59 Å². The number of rotatable bonds is 3. The molecule has 2 aliphatic rings. The summed E-state index contributed by atoms with van der Waals surface area (Å²) < 4.78 is 0. The topological polar surface area (TPSA) is 61.4 Å². The van der Waals surface area contributed by atoms with Crippen LogP contribution in [-0.4, -0.2) is 30.4 Å². The van der Waals surface area contributed by atoms with Gasteiger partial charge in [-0.25, -0.2) is 0 Å². The summed E-state index contributed by atoms with van der Waals surface area (Å²) in [7, 11) is 0. The number of hydrogen-bond acceptors (Lipinski definition) is 4. The van der Waals surface area contributed by atoms with E-state index in [-0.39, 0.29) is 23.9 Å². The van der Waals surface area contributed by atoms with E-state index in [0.29, 0.717) is 13.0 Å². The smallest absolute Gasteiger partial charge is 0.247 e. The highest BCUT2D eigenvalue weighted by molar-refractivity contribution is 7.10. The summed E-state index contributed by atoms with van der Waals surface area (Å²) in [6.45, 7) is 0.647. The molecule has 1 saturated heterocycles. The van der Waals surface area contributed by atoms with Crippen LogP contribution in [0.1, 0.15) is 11.3 Å². The van der Waals surface area contributed by atoms with E-state index in [1.54, 1.807) is 17.4 Å². The molecule has 0 aliphatic carbocycles. The third-order valence-corrected chi connectivity index (χ3v) is 5.20. The predicted molar refractivity (Wildman–Crippen MR) is 96.1 cm³/mol. The summed E-state index contributed by atoms with van der Waals surface area (Å²) in [6.07, 6.45) is 3.99. The van der Waals surface area contributed by atoms with Crippen molar-refractivity contribution in [1.82, 2.24) is 5.32 Å². The fourth-order valence-corrected chi connectivity index (χ4v) is 3.91. The summed E-state index contributed by atoms with van der Waals surface area (Å²) in [6, 6.07) is 11.4. The molecule has 2 aromatic rings. The van der Waals surface area contributed by atoms with Gasteiger partial charge in [-0.05, 0) is 36.1 Å². The molecule has 4 rings (SSSR count). The van der Waals surface area contributed by atoms with E-state index < -0.39 is 0 Å². The molecular weight excluding hydrogens is 322 g/mol. The number of nitrogens with zero attached hydrogens (tertiary/aromatic N) is 1. The van der Waals surface area contributed by atoms with Gasteiger partial charge in [-0.2, -0.15) is 0 Å². The van der Waals surface area contributed by atoms with E-state index in [1.807, 2.05) is 47.9 Å². The number of carbonyl (C=O) groups is 2. The average molecular weight is 339 g/mol. The first kappa shape index (κ1) is 15.0. The van der Waals surface area contributed by atoms with Crippen LogP contribution >= 0.6 is 11.3 Å². The number of amides is 2. The number of anilines is 2. The second-order valence-corrected chi connectivity index (χ2v) is 6.94. The monoisotopic (exact) mass is 339 g/mol. The SMILES string of the molecule is O=C(C=Cc1cccs1)NC1CC2C(=O)Nc3ccccc3N2C1. The molecule has 2 amide bonds. The Bertz CT molecular complexity index is 800. The molecule has 2 aliphatic heterocycles. The van der Waals surface area contributed by atoms with Crippen LogP contribution in [0.25, 0.3) is 6.08 Å². The predicted octanol–water partition coefficient (Wildman–Crippen LogP) is 2.48. The van der Waals surface area contributed by atoms with Crippen LogP contribution in [0.3, 0.4) is 0 Å². The minimum Gasteiger partial charge on any atom is -0.356 e. The van der Waals surface area contributed by atoms with Crippen LogP contribution in [0.5, 0.6) is 0 Å². The van der Waals surface area contributed by atoms with Gasteiger partial charge in [0.05, 0.1) is 11.4 Å². The number of hydrogen-bond donors (Lipinski definition) is 2. The van der Waals surface area contributed by atoms with Crippen molar-refractivity contribution in [2.75, 3.05) is 16.8 Å². The van der Waals surface area contributed by atoms with Gasteiger partial charge in [0.1, 0.15) is 6.04 Å². The second-order valence-electron chi connectivity index (χ2n) is 5.96. The maximum absolute atomic E-state index is 12.3. The average Bonchev–Trinajstić information content (AvgIpc) is 3.23. The molecule has 3 heterocycles. The van der Waals surface area contributed by atoms with E-state index in [4.69, 9.17) is 0 Å². The molecule has 2 atom stereocenters. The van der Waals surface area contributed by atoms with Gasteiger partial charge in [-0.3, -0.25) is 9.59 Å². The normalized spacial score (nSPS) is 22.2. The zero-order valence-corrected chi connectivity index (χ0v) is 13.8. The van der Waals surface area contributed by atoms with Crippen LogP contribution in [0.4, 0.5) is 11.4 Å². The van der Waals surface area contributed by atoms with Gasteiger partial charge >= 0.3 is 0 Å². The largest absolute Gasteiger partial charge is 0.356 e. The quantitative estimate of drug-likeness (QED) is 0.845. The van der Waals surface area contributed by atoms with Crippen molar-refractivity contribution in [3.63, 3.8) is 0 Å². The lowest BCUT2D eigenvalue weighted by Gasteiger charge is -2.32. The first-order valence-corrected chi connectivity index (χ1v) is 8.77. The summed E-state index contributed by atoms with van der Waals surface area (Å²) in [5.41, 5.74) is 1.86. The van der Waals surface area contributed by atoms with Crippen molar-refractivity contribution in [1.29, 1.82) is 0 Å². The molecule has 2 N–H and O–H groups in total. The maximum Gasteiger partial charge on any atom is 0.247 e. The van der Waals surface area contributed by atoms with Crippen molar-refractivity contribution < 1.29 is 9.59 Å². The summed E-state index contributed by atoms with van der Waals surface area (Å²) in [4.78, 5) is 27.5. The molecule has 0 radical (unpaired) electrons. The molecular formula is C18H17N3O2S. The van der Waals surface area contributed by atoms with Crippen LogP contribution in [0.15, 0.2) is 47.9 Å². The minimum absolute atomic E-state index is 0.000392. The Balaban J connectivity index is 1.45. The first-order valence-electron chi connectivity index (χ1n) is 7.89. The molecule has 6 heteroatoms. The Labute approximate surface area is 144 Å². The second kappa shape index (κ2) is 6.13. The Hall–Kier alpha value is -2.60. The molecule has 0 bridgehead atoms. The number of carbonyl (C=O) groups excluding carboxylic acids is 2. The highest BCUT2D eigenvalue weighted by atomic mass is 32.1. The van der Waals surface area contributed by atoms with Crippen molar-refractivity contribution in [3.8, 4) is 0 Å². The first-order chi connectivity index (χ1) is 11.7. The van der Waals surface area contributed by atoms with Gasteiger partial charge in [0, 0.05) is 23.5 Å². The van der Waals surface area contributed by atoms with Crippen molar-refractivity contribution >= 4 is 40.6 Å². The Morgan fingerprint density at radius 2 is 2.17 bits per heavy atom. The van der Waals surface area contributed by atoms with Gasteiger partial charge in [-0.1, -0.05) is 18.2 Å². The Morgan fingerprint density at radius 3 is 3.00 bits per heavy atom. The number of para-hydroxylation sites is 2. The van der Waals surface area contributed by atoms with Crippen LogP contribution < -0.4 is 15.5 Å². The standard InChI is InChI=1S/C18H17N3O2S/c22-17(8-7-13-4-3-9-24-13)19-12-10-16-18(23)20-14-5-1-2-6-15(14)21(16)11-12/h1-9,12,16H,10-11H2,(H,19,22)(H,20,23). The Kier molecular flexibility index (Phi) is 3.82. The van der Waals surface area contributed by atoms with E-state index in [0.717, 1.165) is 16.3 Å². The molecule has 24 heavy (non-hydrogen) atoms. The fourth-order valence-electron chi connectivity index (χ4n) is 3.29. The fraction of sp³-hybridized carbons (Fsp3) is 0.222.